The van der Waals surface area contributed by atoms with E-state index in [1.165, 1.54) is 0 Å². The van der Waals surface area contributed by atoms with E-state index in [-0.39, 0.29) is 0 Å². The Morgan fingerprint density at radius 3 is 2.72 bits per heavy atom. The predicted molar refractivity (Wildman–Crippen MR) is 118 cm³/mol. The van der Waals surface area contributed by atoms with E-state index in [1.807, 2.05) is 24.3 Å². The molecule has 0 radical (unpaired) electrons. The van der Waals surface area contributed by atoms with Crippen molar-refractivity contribution in [1.82, 2.24) is 19.9 Å². The molecule has 29 heavy (non-hydrogen) atoms. The molecule has 0 aliphatic rings. The minimum atomic E-state index is 0.550. The minimum Gasteiger partial charge on any atom is -0.495 e. The Labute approximate surface area is 176 Å². The lowest BCUT2D eigenvalue weighted by Gasteiger charge is -2.14. The summed E-state index contributed by atoms with van der Waals surface area (Å²) in [6.45, 7) is 1.76. The highest BCUT2D eigenvalue weighted by Crippen LogP contribution is 2.31. The minimum absolute atomic E-state index is 0.550. The molecule has 0 amide bonds. The van der Waals surface area contributed by atoms with Crippen molar-refractivity contribution in [2.75, 3.05) is 44.9 Å². The van der Waals surface area contributed by atoms with Crippen LogP contribution in [0.3, 0.4) is 0 Å². The first-order valence-electron chi connectivity index (χ1n) is 9.34. The number of rotatable bonds is 9. The van der Waals surface area contributed by atoms with Crippen molar-refractivity contribution in [3.63, 3.8) is 0 Å². The number of benzene rings is 1. The van der Waals surface area contributed by atoms with Gasteiger partial charge in [0.1, 0.15) is 11.6 Å². The van der Waals surface area contributed by atoms with Gasteiger partial charge in [0.25, 0.3) is 0 Å². The lowest BCUT2D eigenvalue weighted by molar-refractivity contribution is 0.405. The lowest BCUT2D eigenvalue weighted by atomic mass is 10.2. The molecule has 0 aliphatic carbocycles. The van der Waals surface area contributed by atoms with Crippen LogP contribution in [0, 0.1) is 0 Å². The average Bonchev–Trinajstić information content (AvgIpc) is 2.72. The van der Waals surface area contributed by atoms with Gasteiger partial charge < -0.3 is 20.3 Å². The van der Waals surface area contributed by atoms with Crippen LogP contribution in [0.15, 0.2) is 48.8 Å². The van der Waals surface area contributed by atoms with Gasteiger partial charge in [-0.05, 0) is 57.4 Å². The van der Waals surface area contributed by atoms with Crippen LogP contribution in [0.1, 0.15) is 6.42 Å². The number of aromatic nitrogens is 3. The van der Waals surface area contributed by atoms with E-state index in [0.29, 0.717) is 22.5 Å². The Balaban J connectivity index is 1.89. The summed E-state index contributed by atoms with van der Waals surface area (Å²) in [6, 6.07) is 11.1. The highest BCUT2D eigenvalue weighted by atomic mass is 35.5. The van der Waals surface area contributed by atoms with Gasteiger partial charge in [-0.2, -0.15) is 4.98 Å². The second kappa shape index (κ2) is 10.0. The van der Waals surface area contributed by atoms with Crippen LogP contribution in [-0.4, -0.2) is 54.1 Å². The maximum atomic E-state index is 6.16. The highest BCUT2D eigenvalue weighted by Gasteiger charge is 2.10. The van der Waals surface area contributed by atoms with E-state index < -0.39 is 0 Å². The van der Waals surface area contributed by atoms with E-state index in [1.54, 1.807) is 31.6 Å². The van der Waals surface area contributed by atoms with Crippen molar-refractivity contribution >= 4 is 29.1 Å². The summed E-state index contributed by atoms with van der Waals surface area (Å²) < 4.78 is 5.42. The SMILES string of the molecule is COc1ccc(Cl)cc1Nc1cc(-c2cccnc2)nc(NCCCN(C)C)n1. The molecule has 152 valence electrons. The molecule has 3 aromatic rings. The van der Waals surface area contributed by atoms with E-state index in [0.717, 1.165) is 36.5 Å². The van der Waals surface area contributed by atoms with Gasteiger partial charge in [0.2, 0.25) is 5.95 Å². The van der Waals surface area contributed by atoms with Crippen molar-refractivity contribution in [2.24, 2.45) is 0 Å². The van der Waals surface area contributed by atoms with Crippen LogP contribution >= 0.6 is 11.6 Å². The molecule has 0 saturated carbocycles. The second-order valence-electron chi connectivity index (χ2n) is 6.76. The smallest absolute Gasteiger partial charge is 0.225 e. The average molecular weight is 413 g/mol. The standard InChI is InChI=1S/C21H25ClN6O/c1-28(2)11-5-10-24-21-26-17(15-6-4-9-23-14-15)13-20(27-21)25-18-12-16(22)7-8-19(18)29-3/h4,6-9,12-14H,5,10-11H2,1-3H3,(H2,24,25,26,27). The van der Waals surface area contributed by atoms with Crippen molar-refractivity contribution in [3.05, 3.63) is 53.8 Å². The summed E-state index contributed by atoms with van der Waals surface area (Å²) in [5.74, 6) is 1.86. The number of hydrogen-bond acceptors (Lipinski definition) is 7. The summed E-state index contributed by atoms with van der Waals surface area (Å²) in [7, 11) is 5.73. The number of nitrogens with zero attached hydrogens (tertiary/aromatic N) is 4. The molecule has 0 spiro atoms. The molecule has 7 nitrogen and oxygen atoms in total. The topological polar surface area (TPSA) is 75.2 Å². The Morgan fingerprint density at radius 1 is 1.14 bits per heavy atom. The van der Waals surface area contributed by atoms with Crippen LogP contribution in [0.5, 0.6) is 5.75 Å². The Kier molecular flexibility index (Phi) is 7.21. The van der Waals surface area contributed by atoms with Gasteiger partial charge in [-0.3, -0.25) is 4.98 Å². The highest BCUT2D eigenvalue weighted by molar-refractivity contribution is 6.31. The second-order valence-corrected chi connectivity index (χ2v) is 7.19. The molecule has 2 aromatic heterocycles. The van der Waals surface area contributed by atoms with Gasteiger partial charge >= 0.3 is 0 Å². The quantitative estimate of drug-likeness (QED) is 0.507. The van der Waals surface area contributed by atoms with Gasteiger partial charge in [0, 0.05) is 35.6 Å². The van der Waals surface area contributed by atoms with E-state index in [2.05, 4.69) is 44.6 Å². The van der Waals surface area contributed by atoms with Crippen LogP contribution < -0.4 is 15.4 Å². The van der Waals surface area contributed by atoms with Crippen molar-refractivity contribution in [3.8, 4) is 17.0 Å². The van der Waals surface area contributed by atoms with E-state index in [9.17, 15) is 0 Å². The molecular weight excluding hydrogens is 388 g/mol. The van der Waals surface area contributed by atoms with Gasteiger partial charge in [-0.25, -0.2) is 4.98 Å². The maximum absolute atomic E-state index is 6.16. The summed E-state index contributed by atoms with van der Waals surface area (Å²) in [6.07, 6.45) is 4.50. The van der Waals surface area contributed by atoms with Gasteiger partial charge in [-0.1, -0.05) is 11.6 Å². The summed E-state index contributed by atoms with van der Waals surface area (Å²) in [5, 5.41) is 7.21. The molecule has 3 rings (SSSR count). The monoisotopic (exact) mass is 412 g/mol. The molecule has 0 atom stereocenters. The first-order valence-corrected chi connectivity index (χ1v) is 9.71. The van der Waals surface area contributed by atoms with Crippen LogP contribution in [-0.2, 0) is 0 Å². The predicted octanol–water partition coefficient (Wildman–Crippen LogP) is 4.31. The van der Waals surface area contributed by atoms with Crippen LogP contribution in [0.25, 0.3) is 11.3 Å². The molecule has 0 saturated heterocycles. The van der Waals surface area contributed by atoms with E-state index in [4.69, 9.17) is 16.3 Å². The molecule has 0 bridgehead atoms. The summed E-state index contributed by atoms with van der Waals surface area (Å²) >= 11 is 6.16. The molecule has 8 heteroatoms. The number of halogens is 1. The Morgan fingerprint density at radius 2 is 2.00 bits per heavy atom. The zero-order valence-corrected chi connectivity index (χ0v) is 17.6. The number of methoxy groups -OCH3 is 1. The first-order chi connectivity index (χ1) is 14.0. The molecule has 0 unspecified atom stereocenters. The maximum Gasteiger partial charge on any atom is 0.225 e. The number of pyridine rings is 1. The van der Waals surface area contributed by atoms with Crippen LogP contribution in [0.2, 0.25) is 5.02 Å². The molecular formula is C21H25ClN6O. The summed E-state index contributed by atoms with van der Waals surface area (Å²) in [4.78, 5) is 15.6. The van der Waals surface area contributed by atoms with Crippen molar-refractivity contribution in [1.29, 1.82) is 0 Å². The van der Waals surface area contributed by atoms with E-state index >= 15 is 0 Å². The number of nitrogens with one attached hydrogen (secondary N) is 2. The summed E-state index contributed by atoms with van der Waals surface area (Å²) in [5.41, 5.74) is 2.41. The van der Waals surface area contributed by atoms with Crippen LogP contribution in [0.4, 0.5) is 17.5 Å². The number of anilines is 3. The van der Waals surface area contributed by atoms with Gasteiger partial charge in [-0.15, -0.1) is 0 Å². The van der Waals surface area contributed by atoms with Gasteiger partial charge in [0.05, 0.1) is 18.5 Å². The third kappa shape index (κ3) is 6.04. The fourth-order valence-corrected chi connectivity index (χ4v) is 2.94. The molecule has 0 aliphatic heterocycles. The fourth-order valence-electron chi connectivity index (χ4n) is 2.76. The Bertz CT molecular complexity index is 936. The van der Waals surface area contributed by atoms with Gasteiger partial charge in [0.15, 0.2) is 0 Å². The zero-order chi connectivity index (χ0) is 20.6. The lowest BCUT2D eigenvalue weighted by Crippen LogP contribution is -2.17. The largest absolute Gasteiger partial charge is 0.495 e. The first kappa shape index (κ1) is 20.8. The third-order valence-corrected chi connectivity index (χ3v) is 4.41. The number of ether oxygens (including phenoxy) is 1. The molecule has 1 aromatic carbocycles. The van der Waals surface area contributed by atoms with Crippen molar-refractivity contribution in [2.45, 2.75) is 6.42 Å². The third-order valence-electron chi connectivity index (χ3n) is 4.17. The molecule has 2 N–H and O–H groups in total. The Hall–Kier alpha value is -2.90. The normalized spacial score (nSPS) is 10.8. The van der Waals surface area contributed by atoms with Crippen molar-refractivity contribution < 1.29 is 4.74 Å². The molecule has 0 fully saturated rings. The zero-order valence-electron chi connectivity index (χ0n) is 16.8. The number of hydrogen-bond donors (Lipinski definition) is 2. The molecule has 2 heterocycles. The fraction of sp³-hybridized carbons (Fsp3) is 0.286.